The van der Waals surface area contributed by atoms with Crippen molar-refractivity contribution in [2.45, 2.75) is 50.6 Å². The summed E-state index contributed by atoms with van der Waals surface area (Å²) in [5, 5.41) is 4.97. The lowest BCUT2D eigenvalue weighted by atomic mass is 9.98. The number of ether oxygens (including phenoxy) is 2. The minimum atomic E-state index is -4.21. The van der Waals surface area contributed by atoms with Crippen molar-refractivity contribution in [2.75, 3.05) is 24.7 Å². The number of hydrogen-bond donors (Lipinski definition) is 4. The van der Waals surface area contributed by atoms with E-state index in [1.54, 1.807) is 0 Å². The van der Waals surface area contributed by atoms with E-state index in [-0.39, 0.29) is 25.0 Å². The number of carbonyl (C=O) groups excluding carboxylic acids is 2. The third-order valence-corrected chi connectivity index (χ3v) is 10.8. The van der Waals surface area contributed by atoms with Crippen molar-refractivity contribution in [1.82, 2.24) is 10.6 Å². The van der Waals surface area contributed by atoms with Crippen LogP contribution in [0.4, 0.5) is 9.59 Å². The van der Waals surface area contributed by atoms with Crippen LogP contribution in [0.15, 0.2) is 97.1 Å². The number of nitrogens with one attached hydrogen (secondary N) is 2. The molecule has 4 N–H and O–H groups in total. The van der Waals surface area contributed by atoms with E-state index in [0.29, 0.717) is 0 Å². The van der Waals surface area contributed by atoms with Gasteiger partial charge in [0.2, 0.25) is 0 Å². The summed E-state index contributed by atoms with van der Waals surface area (Å²) in [4.78, 5) is 24.2. The van der Waals surface area contributed by atoms with Gasteiger partial charge in [-0.05, 0) is 72.2 Å². The maximum atomic E-state index is 12.1. The lowest BCUT2D eigenvalue weighted by Crippen LogP contribution is -2.48. The molecular weight excluding hydrogens is 709 g/mol. The van der Waals surface area contributed by atoms with Gasteiger partial charge in [-0.2, -0.15) is 16.8 Å². The highest BCUT2D eigenvalue weighted by atomic mass is 32.2. The Morgan fingerprint density at radius 2 is 0.788 bits per heavy atom. The molecule has 0 radical (unpaired) electrons. The van der Waals surface area contributed by atoms with Crippen molar-refractivity contribution in [1.29, 1.82) is 0 Å². The lowest BCUT2D eigenvalue weighted by Gasteiger charge is -2.24. The van der Waals surface area contributed by atoms with Crippen molar-refractivity contribution < 1.29 is 45.0 Å². The molecule has 12 nitrogen and oxygen atoms in total. The van der Waals surface area contributed by atoms with Crippen LogP contribution in [0, 0.1) is 0 Å². The molecule has 2 aliphatic carbocycles. The molecule has 0 heterocycles. The van der Waals surface area contributed by atoms with Crippen LogP contribution in [0.1, 0.15) is 61.8 Å². The number of fused-ring (bicyclic) bond motifs is 6. The Bertz CT molecular complexity index is 1940. The number of alkyl carbamates (subject to hydrolysis) is 2. The van der Waals surface area contributed by atoms with Crippen LogP contribution in [0.25, 0.3) is 22.3 Å². The van der Waals surface area contributed by atoms with Crippen molar-refractivity contribution in [3.05, 3.63) is 119 Å². The molecule has 0 saturated carbocycles. The highest BCUT2D eigenvalue weighted by Crippen LogP contribution is 2.45. The second-order valence-electron chi connectivity index (χ2n) is 14.1. The minimum Gasteiger partial charge on any atom is -0.449 e. The van der Waals surface area contributed by atoms with Crippen LogP contribution in [0.3, 0.4) is 0 Å². The van der Waals surface area contributed by atoms with E-state index in [4.69, 9.17) is 18.6 Å². The first-order valence-electron chi connectivity index (χ1n) is 16.5. The normalized spacial score (nSPS) is 13.8. The molecule has 2 amide bonds. The van der Waals surface area contributed by atoms with Gasteiger partial charge in [0.05, 0.1) is 22.6 Å². The molecule has 14 heteroatoms. The summed E-state index contributed by atoms with van der Waals surface area (Å²) in [6.07, 6.45) is -1.44. The molecule has 0 atom stereocenters. The highest BCUT2D eigenvalue weighted by molar-refractivity contribution is 7.86. The third kappa shape index (κ3) is 9.76. The zero-order valence-electron chi connectivity index (χ0n) is 29.2. The molecule has 0 aliphatic heterocycles. The Labute approximate surface area is 304 Å². The van der Waals surface area contributed by atoms with Gasteiger partial charge in [0.1, 0.15) is 13.2 Å². The minimum absolute atomic E-state index is 0.0714. The lowest BCUT2D eigenvalue weighted by molar-refractivity contribution is 0.133. The molecular formula is C38H42N2O10S2. The summed E-state index contributed by atoms with van der Waals surface area (Å²) in [7, 11) is -8.42. The summed E-state index contributed by atoms with van der Waals surface area (Å²) < 4.78 is 72.8. The average Bonchev–Trinajstić information content (AvgIpc) is 3.53. The zero-order chi connectivity index (χ0) is 37.9. The third-order valence-electron chi connectivity index (χ3n) is 8.65. The summed E-state index contributed by atoms with van der Waals surface area (Å²) in [6, 6.07) is 32.0. The Morgan fingerprint density at radius 3 is 1.04 bits per heavy atom. The SMILES string of the molecule is CC(C)(CS(=O)(=O)O)NC(=O)OCC1c2ccccc2-c2ccccc21.CC(C)(CS(=O)(=O)O)NC(=O)OCC1c2ccccc2-c2ccccc21. The first-order valence-corrected chi connectivity index (χ1v) is 19.7. The summed E-state index contributed by atoms with van der Waals surface area (Å²) in [6.45, 7) is 6.29. The van der Waals surface area contributed by atoms with E-state index in [0.717, 1.165) is 44.5 Å². The van der Waals surface area contributed by atoms with Gasteiger partial charge in [-0.3, -0.25) is 9.11 Å². The Hall–Kier alpha value is -4.76. The Kier molecular flexibility index (Phi) is 11.2. The van der Waals surface area contributed by atoms with Gasteiger partial charge in [0, 0.05) is 11.8 Å². The van der Waals surface area contributed by atoms with Gasteiger partial charge in [-0.25, -0.2) is 9.59 Å². The Balaban J connectivity index is 0.000000201. The number of benzene rings is 4. The van der Waals surface area contributed by atoms with Gasteiger partial charge < -0.3 is 20.1 Å². The fourth-order valence-corrected chi connectivity index (χ4v) is 8.77. The molecule has 6 rings (SSSR count). The molecule has 0 fully saturated rings. The second-order valence-corrected chi connectivity index (χ2v) is 17.0. The first-order chi connectivity index (χ1) is 24.3. The van der Waals surface area contributed by atoms with E-state index in [2.05, 4.69) is 10.6 Å². The number of hydrogen-bond acceptors (Lipinski definition) is 8. The largest absolute Gasteiger partial charge is 0.449 e. The molecule has 0 aromatic heterocycles. The van der Waals surface area contributed by atoms with E-state index < -0.39 is 55.0 Å². The molecule has 0 saturated heterocycles. The molecule has 0 bridgehead atoms. The topological polar surface area (TPSA) is 185 Å². The smallest absolute Gasteiger partial charge is 0.407 e. The maximum absolute atomic E-state index is 12.1. The van der Waals surface area contributed by atoms with Crippen molar-refractivity contribution in [3.8, 4) is 22.3 Å². The second kappa shape index (κ2) is 15.1. The monoisotopic (exact) mass is 750 g/mol. The standard InChI is InChI=1S/2C19H21NO5S/c2*1-19(2,12-26(22,23)24)20-18(21)25-11-17-15-9-5-3-7-13(15)14-8-4-6-10-16(14)17/h2*3-10,17H,11-12H2,1-2H3,(H,20,21)(H,22,23,24). The van der Waals surface area contributed by atoms with Crippen LogP contribution in [0.5, 0.6) is 0 Å². The highest BCUT2D eigenvalue weighted by Gasteiger charge is 2.33. The molecule has 276 valence electrons. The van der Waals surface area contributed by atoms with Crippen molar-refractivity contribution >= 4 is 32.4 Å². The predicted molar refractivity (Wildman–Crippen MR) is 197 cm³/mol. The zero-order valence-corrected chi connectivity index (χ0v) is 30.8. The number of amides is 2. The molecule has 0 unspecified atom stereocenters. The fraction of sp³-hybridized carbons (Fsp3) is 0.316. The van der Waals surface area contributed by atoms with E-state index >= 15 is 0 Å². The summed E-state index contributed by atoms with van der Waals surface area (Å²) >= 11 is 0. The van der Waals surface area contributed by atoms with Gasteiger partial charge in [0.15, 0.2) is 0 Å². The predicted octanol–water partition coefficient (Wildman–Crippen LogP) is 6.38. The van der Waals surface area contributed by atoms with Crippen molar-refractivity contribution in [2.24, 2.45) is 0 Å². The molecule has 2 aliphatic rings. The van der Waals surface area contributed by atoms with Gasteiger partial charge in [0.25, 0.3) is 20.2 Å². The van der Waals surface area contributed by atoms with E-state index in [1.807, 2.05) is 97.1 Å². The first kappa shape index (κ1) is 38.5. The van der Waals surface area contributed by atoms with Gasteiger partial charge in [-0.15, -0.1) is 0 Å². The van der Waals surface area contributed by atoms with Crippen LogP contribution >= 0.6 is 0 Å². The van der Waals surface area contributed by atoms with E-state index in [1.165, 1.54) is 27.7 Å². The maximum Gasteiger partial charge on any atom is 0.407 e. The van der Waals surface area contributed by atoms with Crippen LogP contribution in [0.2, 0.25) is 0 Å². The average molecular weight is 751 g/mol. The summed E-state index contributed by atoms with van der Waals surface area (Å²) in [5.41, 5.74) is 6.61. The number of carbonyl (C=O) groups is 2. The number of rotatable bonds is 10. The molecule has 4 aromatic rings. The Morgan fingerprint density at radius 1 is 0.538 bits per heavy atom. The van der Waals surface area contributed by atoms with Crippen molar-refractivity contribution in [3.63, 3.8) is 0 Å². The molecule has 0 spiro atoms. The quantitative estimate of drug-likeness (QED) is 0.133. The van der Waals surface area contributed by atoms with E-state index in [9.17, 15) is 26.4 Å². The van der Waals surface area contributed by atoms with Gasteiger partial charge in [-0.1, -0.05) is 97.1 Å². The molecule has 52 heavy (non-hydrogen) atoms. The fourth-order valence-electron chi connectivity index (χ4n) is 6.81. The van der Waals surface area contributed by atoms with Crippen LogP contribution < -0.4 is 10.6 Å². The molecule has 4 aromatic carbocycles. The summed E-state index contributed by atoms with van der Waals surface area (Å²) in [5.74, 6) is -1.33. The van der Waals surface area contributed by atoms with Gasteiger partial charge >= 0.3 is 12.2 Å². The van der Waals surface area contributed by atoms with Crippen LogP contribution in [-0.2, 0) is 29.7 Å². The van der Waals surface area contributed by atoms with Crippen LogP contribution in [-0.4, -0.2) is 73.9 Å².